The standard InChI is InChI=1S/C25H24N2O3/c1-3-30-22-12-8-7-11-19(22)25(29)27-16-23(28)26-21-14-13-17(2)15-20(21)24(27)18-9-5-4-6-10-18/h4-15,24H,3,16H2,1-2H3,(H,26,28)/t24-/m0/s1. The largest absolute Gasteiger partial charge is 0.493 e. The number of hydrogen-bond acceptors (Lipinski definition) is 3. The van der Waals surface area contributed by atoms with Gasteiger partial charge in [-0.25, -0.2) is 0 Å². The van der Waals surface area contributed by atoms with Crippen LogP contribution in [0.4, 0.5) is 5.69 Å². The molecule has 0 saturated carbocycles. The van der Waals surface area contributed by atoms with Crippen molar-refractivity contribution < 1.29 is 14.3 Å². The van der Waals surface area contributed by atoms with Crippen molar-refractivity contribution in [1.29, 1.82) is 0 Å². The van der Waals surface area contributed by atoms with Crippen molar-refractivity contribution in [1.82, 2.24) is 4.90 Å². The Morgan fingerprint density at radius 2 is 1.80 bits per heavy atom. The molecule has 0 radical (unpaired) electrons. The van der Waals surface area contributed by atoms with E-state index in [9.17, 15) is 9.59 Å². The summed E-state index contributed by atoms with van der Waals surface area (Å²) in [6.07, 6.45) is 0. The molecular weight excluding hydrogens is 376 g/mol. The first-order valence-electron chi connectivity index (χ1n) is 10.1. The molecule has 1 aliphatic rings. The van der Waals surface area contributed by atoms with Crippen molar-refractivity contribution in [2.24, 2.45) is 0 Å². The Morgan fingerprint density at radius 3 is 2.57 bits per heavy atom. The molecule has 30 heavy (non-hydrogen) atoms. The summed E-state index contributed by atoms with van der Waals surface area (Å²) in [5, 5.41) is 2.96. The Morgan fingerprint density at radius 1 is 1.07 bits per heavy atom. The van der Waals surface area contributed by atoms with Gasteiger partial charge in [-0.2, -0.15) is 0 Å². The molecule has 0 saturated heterocycles. The average molecular weight is 400 g/mol. The second kappa shape index (κ2) is 8.41. The summed E-state index contributed by atoms with van der Waals surface area (Å²) in [5.74, 6) is 0.0594. The summed E-state index contributed by atoms with van der Waals surface area (Å²) >= 11 is 0. The molecule has 1 N–H and O–H groups in total. The Balaban J connectivity index is 1.88. The van der Waals surface area contributed by atoms with Gasteiger partial charge in [-0.1, -0.05) is 60.2 Å². The third-order valence-corrected chi connectivity index (χ3v) is 5.19. The van der Waals surface area contributed by atoms with Crippen LogP contribution in [0.2, 0.25) is 0 Å². The van der Waals surface area contributed by atoms with Crippen molar-refractivity contribution >= 4 is 17.5 Å². The summed E-state index contributed by atoms with van der Waals surface area (Å²) in [4.78, 5) is 28.1. The van der Waals surface area contributed by atoms with Gasteiger partial charge in [0.25, 0.3) is 5.91 Å². The van der Waals surface area contributed by atoms with Gasteiger partial charge in [-0.3, -0.25) is 9.59 Å². The van der Waals surface area contributed by atoms with E-state index in [0.29, 0.717) is 17.9 Å². The van der Waals surface area contributed by atoms with Crippen LogP contribution in [-0.2, 0) is 4.79 Å². The van der Waals surface area contributed by atoms with Crippen LogP contribution in [0, 0.1) is 6.92 Å². The number of rotatable bonds is 4. The van der Waals surface area contributed by atoms with Gasteiger partial charge in [-0.15, -0.1) is 0 Å². The summed E-state index contributed by atoms with van der Waals surface area (Å²) in [5.41, 5.74) is 4.09. The lowest BCUT2D eigenvalue weighted by molar-refractivity contribution is -0.117. The molecule has 3 aromatic rings. The van der Waals surface area contributed by atoms with Crippen molar-refractivity contribution in [2.75, 3.05) is 18.5 Å². The minimum atomic E-state index is -0.401. The summed E-state index contributed by atoms with van der Waals surface area (Å²) in [6, 6.07) is 22.5. The van der Waals surface area contributed by atoms with Crippen LogP contribution in [0.5, 0.6) is 5.75 Å². The van der Waals surface area contributed by atoms with Gasteiger partial charge in [0, 0.05) is 11.3 Å². The van der Waals surface area contributed by atoms with Crippen LogP contribution < -0.4 is 10.1 Å². The number of anilines is 1. The number of ether oxygens (including phenoxy) is 1. The van der Waals surface area contributed by atoms with Gasteiger partial charge in [0.15, 0.2) is 0 Å². The lowest BCUT2D eigenvalue weighted by atomic mass is 9.94. The molecule has 1 aliphatic heterocycles. The number of carbonyl (C=O) groups is 2. The van der Waals surface area contributed by atoms with E-state index in [2.05, 4.69) is 5.32 Å². The molecule has 5 heteroatoms. The van der Waals surface area contributed by atoms with Crippen molar-refractivity contribution in [2.45, 2.75) is 19.9 Å². The van der Waals surface area contributed by atoms with Crippen LogP contribution in [0.1, 0.15) is 40.0 Å². The number of fused-ring (bicyclic) bond motifs is 1. The molecule has 1 atom stereocenters. The fourth-order valence-electron chi connectivity index (χ4n) is 3.89. The predicted octanol–water partition coefficient (Wildman–Crippen LogP) is 4.58. The van der Waals surface area contributed by atoms with Crippen molar-refractivity contribution in [3.05, 3.63) is 95.1 Å². The third-order valence-electron chi connectivity index (χ3n) is 5.19. The smallest absolute Gasteiger partial charge is 0.258 e. The number of hydrogen-bond donors (Lipinski definition) is 1. The van der Waals surface area contributed by atoms with E-state index in [0.717, 1.165) is 22.4 Å². The normalized spacial score (nSPS) is 15.7. The van der Waals surface area contributed by atoms with Gasteiger partial charge in [0.1, 0.15) is 12.3 Å². The molecule has 4 rings (SSSR count). The van der Waals surface area contributed by atoms with Gasteiger partial charge >= 0.3 is 0 Å². The number of benzene rings is 3. The van der Waals surface area contributed by atoms with E-state index in [1.165, 1.54) is 0 Å². The predicted molar refractivity (Wildman–Crippen MR) is 117 cm³/mol. The van der Waals surface area contributed by atoms with Gasteiger partial charge in [-0.05, 0) is 37.6 Å². The van der Waals surface area contributed by atoms with Gasteiger partial charge in [0.05, 0.1) is 18.2 Å². The summed E-state index contributed by atoms with van der Waals surface area (Å²) in [6.45, 7) is 4.29. The zero-order chi connectivity index (χ0) is 21.1. The molecular formula is C25H24N2O3. The number of carbonyl (C=O) groups excluding carboxylic acids is 2. The van der Waals surface area contributed by atoms with E-state index in [1.807, 2.05) is 74.5 Å². The molecule has 2 amide bonds. The Bertz CT molecular complexity index is 1080. The Labute approximate surface area is 176 Å². The highest BCUT2D eigenvalue weighted by atomic mass is 16.5. The molecule has 0 aliphatic carbocycles. The zero-order valence-corrected chi connectivity index (χ0v) is 17.1. The fourth-order valence-corrected chi connectivity index (χ4v) is 3.89. The summed E-state index contributed by atoms with van der Waals surface area (Å²) in [7, 11) is 0. The molecule has 3 aromatic carbocycles. The number of nitrogens with zero attached hydrogens (tertiary/aromatic N) is 1. The minimum Gasteiger partial charge on any atom is -0.493 e. The monoisotopic (exact) mass is 400 g/mol. The molecule has 152 valence electrons. The first-order valence-corrected chi connectivity index (χ1v) is 10.1. The van der Waals surface area contributed by atoms with Crippen LogP contribution in [0.15, 0.2) is 72.8 Å². The highest BCUT2D eigenvalue weighted by Gasteiger charge is 2.34. The van der Waals surface area contributed by atoms with Crippen molar-refractivity contribution in [3.63, 3.8) is 0 Å². The lowest BCUT2D eigenvalue weighted by Crippen LogP contribution is -2.39. The van der Waals surface area contributed by atoms with Crippen LogP contribution in [0.3, 0.4) is 0 Å². The van der Waals surface area contributed by atoms with Gasteiger partial charge < -0.3 is 15.0 Å². The number of aryl methyl sites for hydroxylation is 1. The Kier molecular flexibility index (Phi) is 5.53. The number of amides is 2. The van der Waals surface area contributed by atoms with E-state index in [4.69, 9.17) is 4.74 Å². The highest BCUT2D eigenvalue weighted by Crippen LogP contribution is 2.37. The molecule has 0 bridgehead atoms. The van der Waals surface area contributed by atoms with E-state index < -0.39 is 6.04 Å². The molecule has 0 unspecified atom stereocenters. The van der Waals surface area contributed by atoms with Gasteiger partial charge in [0.2, 0.25) is 5.91 Å². The number of nitrogens with one attached hydrogen (secondary N) is 1. The fraction of sp³-hybridized carbons (Fsp3) is 0.200. The molecule has 0 spiro atoms. The van der Waals surface area contributed by atoms with Crippen molar-refractivity contribution in [3.8, 4) is 5.75 Å². The van der Waals surface area contributed by atoms with E-state index in [-0.39, 0.29) is 18.4 Å². The van der Waals surface area contributed by atoms with Crippen LogP contribution in [-0.4, -0.2) is 29.9 Å². The highest BCUT2D eigenvalue weighted by molar-refractivity contribution is 6.02. The SMILES string of the molecule is CCOc1ccccc1C(=O)N1CC(=O)Nc2ccc(C)cc2[C@@H]1c1ccccc1. The lowest BCUT2D eigenvalue weighted by Gasteiger charge is -2.31. The quantitative estimate of drug-likeness (QED) is 0.698. The topological polar surface area (TPSA) is 58.6 Å². The maximum absolute atomic E-state index is 13.7. The first kappa shape index (κ1) is 19.7. The maximum Gasteiger partial charge on any atom is 0.258 e. The maximum atomic E-state index is 13.7. The first-order chi connectivity index (χ1) is 14.6. The third kappa shape index (κ3) is 3.79. The zero-order valence-electron chi connectivity index (χ0n) is 17.1. The molecule has 5 nitrogen and oxygen atoms in total. The summed E-state index contributed by atoms with van der Waals surface area (Å²) < 4.78 is 5.69. The number of para-hydroxylation sites is 1. The van der Waals surface area contributed by atoms with Crippen LogP contribution in [0.25, 0.3) is 0 Å². The molecule has 0 fully saturated rings. The molecule has 1 heterocycles. The second-order valence-electron chi connectivity index (χ2n) is 7.31. The minimum absolute atomic E-state index is 0.0490. The Hall–Kier alpha value is -3.60. The van der Waals surface area contributed by atoms with E-state index >= 15 is 0 Å². The molecule has 0 aromatic heterocycles. The average Bonchev–Trinajstić information content (AvgIpc) is 2.90. The van der Waals surface area contributed by atoms with E-state index in [1.54, 1.807) is 17.0 Å². The second-order valence-corrected chi connectivity index (χ2v) is 7.31. The van der Waals surface area contributed by atoms with Crippen LogP contribution >= 0.6 is 0 Å².